The fraction of sp³-hybridized carbons (Fsp3) is 0.500. The molecule has 2 rings (SSSR count). The first-order valence-electron chi connectivity index (χ1n) is 8.93. The maximum atomic E-state index is 13.2. The van der Waals surface area contributed by atoms with Crippen LogP contribution in [0.25, 0.3) is 0 Å². The molecule has 1 atom stereocenters. The molecule has 1 unspecified atom stereocenters. The van der Waals surface area contributed by atoms with Crippen LogP contribution in [0.5, 0.6) is 5.75 Å². The summed E-state index contributed by atoms with van der Waals surface area (Å²) in [5, 5.41) is 14.5. The lowest BCUT2D eigenvalue weighted by Crippen LogP contribution is -2.39. The van der Waals surface area contributed by atoms with Gasteiger partial charge in [-0.3, -0.25) is 0 Å². The molecule has 142 valence electrons. The molecule has 0 bridgehead atoms. The Hall–Kier alpha value is -2.64. The molecule has 0 spiro atoms. The van der Waals surface area contributed by atoms with Crippen molar-refractivity contribution in [2.45, 2.75) is 39.8 Å². The van der Waals surface area contributed by atoms with Gasteiger partial charge in [0.1, 0.15) is 29.8 Å². The third-order valence-electron chi connectivity index (χ3n) is 3.64. The minimum Gasteiger partial charge on any atom is -0.489 e. The molecule has 0 aliphatic carbocycles. The normalized spacial score (nSPS) is 12.7. The molecule has 0 saturated carbocycles. The molecule has 2 N–H and O–H groups in total. The van der Waals surface area contributed by atoms with Crippen molar-refractivity contribution in [2.24, 2.45) is 4.99 Å². The molecule has 0 aliphatic heterocycles. The highest BCUT2D eigenvalue weighted by atomic mass is 19.1. The minimum absolute atomic E-state index is 0.170. The highest BCUT2D eigenvalue weighted by molar-refractivity contribution is 5.79. The molecule has 0 radical (unpaired) electrons. The maximum Gasteiger partial charge on any atom is 0.191 e. The summed E-state index contributed by atoms with van der Waals surface area (Å²) in [6.45, 7) is 8.66. The van der Waals surface area contributed by atoms with Crippen LogP contribution < -0.4 is 15.4 Å². The second-order valence-corrected chi connectivity index (χ2v) is 5.83. The van der Waals surface area contributed by atoms with Gasteiger partial charge in [-0.05, 0) is 26.0 Å². The number of nitrogens with zero attached hydrogens (tertiary/aromatic N) is 4. The van der Waals surface area contributed by atoms with Gasteiger partial charge in [-0.15, -0.1) is 10.2 Å². The summed E-state index contributed by atoms with van der Waals surface area (Å²) in [6.07, 6.45) is 2.42. The van der Waals surface area contributed by atoms with Crippen LogP contribution in [0.1, 0.15) is 26.6 Å². The first-order chi connectivity index (χ1) is 12.6. The van der Waals surface area contributed by atoms with E-state index in [1.54, 1.807) is 18.5 Å². The van der Waals surface area contributed by atoms with E-state index in [0.717, 1.165) is 25.3 Å². The summed E-state index contributed by atoms with van der Waals surface area (Å²) in [7, 11) is 0. The van der Waals surface area contributed by atoms with Gasteiger partial charge in [0.25, 0.3) is 0 Å². The lowest BCUT2D eigenvalue weighted by Gasteiger charge is -2.15. The molecule has 2 aromatic rings. The Balaban J connectivity index is 1.83. The SMILES string of the molecule is CCNC(=NCC(C)Oc1cccc(F)c1)NCCn1cnnc1CC. The van der Waals surface area contributed by atoms with E-state index < -0.39 is 0 Å². The molecule has 1 aromatic heterocycles. The van der Waals surface area contributed by atoms with Crippen LogP contribution in [0.3, 0.4) is 0 Å². The molecule has 7 nitrogen and oxygen atoms in total. The number of halogens is 1. The fourth-order valence-electron chi connectivity index (χ4n) is 2.41. The smallest absolute Gasteiger partial charge is 0.191 e. The topological polar surface area (TPSA) is 76.4 Å². The molecule has 0 amide bonds. The average molecular weight is 362 g/mol. The number of hydrogen-bond acceptors (Lipinski definition) is 4. The van der Waals surface area contributed by atoms with E-state index in [2.05, 4.69) is 32.7 Å². The molecular formula is C18H27FN6O. The fourth-order valence-corrected chi connectivity index (χ4v) is 2.41. The van der Waals surface area contributed by atoms with Crippen LogP contribution >= 0.6 is 0 Å². The van der Waals surface area contributed by atoms with Crippen molar-refractivity contribution >= 4 is 5.96 Å². The summed E-state index contributed by atoms with van der Waals surface area (Å²) in [5.41, 5.74) is 0. The van der Waals surface area contributed by atoms with Gasteiger partial charge < -0.3 is 19.9 Å². The molecule has 0 saturated heterocycles. The monoisotopic (exact) mass is 362 g/mol. The molecule has 1 aromatic carbocycles. The average Bonchev–Trinajstić information content (AvgIpc) is 3.07. The Bertz CT molecular complexity index is 702. The van der Waals surface area contributed by atoms with Gasteiger partial charge in [0.05, 0.1) is 6.54 Å². The molecule has 0 aliphatic rings. The number of benzene rings is 1. The van der Waals surface area contributed by atoms with Gasteiger partial charge in [0, 0.05) is 32.1 Å². The van der Waals surface area contributed by atoms with Crippen LogP contribution in [-0.4, -0.2) is 46.5 Å². The lowest BCUT2D eigenvalue weighted by molar-refractivity contribution is 0.229. The highest BCUT2D eigenvalue weighted by Gasteiger charge is 2.06. The number of rotatable bonds is 9. The van der Waals surface area contributed by atoms with Crippen molar-refractivity contribution in [3.05, 3.63) is 42.2 Å². The quantitative estimate of drug-likeness (QED) is 0.527. The number of aromatic nitrogens is 3. The lowest BCUT2D eigenvalue weighted by atomic mass is 10.3. The van der Waals surface area contributed by atoms with Crippen LogP contribution in [0.15, 0.2) is 35.6 Å². The van der Waals surface area contributed by atoms with E-state index in [1.165, 1.54) is 12.1 Å². The van der Waals surface area contributed by atoms with Gasteiger partial charge in [0.15, 0.2) is 5.96 Å². The van der Waals surface area contributed by atoms with Crippen LogP contribution in [-0.2, 0) is 13.0 Å². The second-order valence-electron chi connectivity index (χ2n) is 5.83. The molecule has 26 heavy (non-hydrogen) atoms. The molecule has 0 fully saturated rings. The Morgan fingerprint density at radius 3 is 2.92 bits per heavy atom. The predicted octanol–water partition coefficient (Wildman–Crippen LogP) is 2.00. The van der Waals surface area contributed by atoms with Crippen LogP contribution in [0.2, 0.25) is 0 Å². The van der Waals surface area contributed by atoms with E-state index in [1.807, 2.05) is 18.4 Å². The second kappa shape index (κ2) is 10.4. The first-order valence-corrected chi connectivity index (χ1v) is 8.93. The molecule has 8 heteroatoms. The highest BCUT2D eigenvalue weighted by Crippen LogP contribution is 2.13. The van der Waals surface area contributed by atoms with Crippen molar-refractivity contribution in [2.75, 3.05) is 19.6 Å². The third-order valence-corrected chi connectivity index (χ3v) is 3.64. The van der Waals surface area contributed by atoms with E-state index in [9.17, 15) is 4.39 Å². The number of guanidine groups is 1. The van der Waals surface area contributed by atoms with Crippen molar-refractivity contribution in [3.63, 3.8) is 0 Å². The number of ether oxygens (including phenoxy) is 1. The van der Waals surface area contributed by atoms with E-state index in [-0.39, 0.29) is 11.9 Å². The zero-order chi connectivity index (χ0) is 18.8. The Kier molecular flexibility index (Phi) is 7.85. The minimum atomic E-state index is -0.311. The summed E-state index contributed by atoms with van der Waals surface area (Å²) in [4.78, 5) is 4.53. The molecular weight excluding hydrogens is 335 g/mol. The van der Waals surface area contributed by atoms with Gasteiger partial charge in [0.2, 0.25) is 0 Å². The zero-order valence-corrected chi connectivity index (χ0v) is 15.6. The standard InChI is InChI=1S/C18H27FN6O/c1-4-17-24-23-13-25(17)10-9-21-18(20-5-2)22-12-14(3)26-16-8-6-7-15(19)11-16/h6-8,11,13-14H,4-5,9-10,12H2,1-3H3,(H2,20,21,22). The third kappa shape index (κ3) is 6.34. The van der Waals surface area contributed by atoms with Crippen molar-refractivity contribution in [3.8, 4) is 5.75 Å². The molecule has 1 heterocycles. The summed E-state index contributed by atoms with van der Waals surface area (Å²) >= 11 is 0. The van der Waals surface area contributed by atoms with E-state index in [0.29, 0.717) is 24.8 Å². The van der Waals surface area contributed by atoms with E-state index in [4.69, 9.17) is 4.74 Å². The number of nitrogens with one attached hydrogen (secondary N) is 2. The van der Waals surface area contributed by atoms with E-state index >= 15 is 0 Å². The summed E-state index contributed by atoms with van der Waals surface area (Å²) < 4.78 is 20.9. The Labute approximate surface area is 153 Å². The van der Waals surface area contributed by atoms with Gasteiger partial charge in [-0.2, -0.15) is 0 Å². The van der Waals surface area contributed by atoms with Crippen LogP contribution in [0, 0.1) is 5.82 Å². The van der Waals surface area contributed by atoms with Crippen molar-refractivity contribution in [1.82, 2.24) is 25.4 Å². The van der Waals surface area contributed by atoms with Gasteiger partial charge in [-0.25, -0.2) is 9.38 Å². The largest absolute Gasteiger partial charge is 0.489 e. The van der Waals surface area contributed by atoms with Gasteiger partial charge in [-0.1, -0.05) is 13.0 Å². The first kappa shape index (κ1) is 19.7. The van der Waals surface area contributed by atoms with Crippen molar-refractivity contribution in [1.29, 1.82) is 0 Å². The summed E-state index contributed by atoms with van der Waals surface area (Å²) in [5.74, 6) is 1.87. The van der Waals surface area contributed by atoms with Crippen LogP contribution in [0.4, 0.5) is 4.39 Å². The zero-order valence-electron chi connectivity index (χ0n) is 15.6. The Morgan fingerprint density at radius 2 is 2.19 bits per heavy atom. The van der Waals surface area contributed by atoms with Crippen molar-refractivity contribution < 1.29 is 9.13 Å². The maximum absolute atomic E-state index is 13.2. The predicted molar refractivity (Wildman–Crippen MR) is 99.9 cm³/mol. The Morgan fingerprint density at radius 1 is 1.35 bits per heavy atom. The van der Waals surface area contributed by atoms with Gasteiger partial charge >= 0.3 is 0 Å². The number of aliphatic imine (C=N–C) groups is 1. The number of aryl methyl sites for hydroxylation is 1. The number of hydrogen-bond donors (Lipinski definition) is 2. The summed E-state index contributed by atoms with van der Waals surface area (Å²) in [6, 6.07) is 6.12.